The van der Waals surface area contributed by atoms with Crippen LogP contribution in [0.3, 0.4) is 0 Å². The molecule has 0 N–H and O–H groups in total. The summed E-state index contributed by atoms with van der Waals surface area (Å²) in [5, 5.41) is 0. The van der Waals surface area contributed by atoms with Crippen LogP contribution in [0.4, 0.5) is 0 Å². The van der Waals surface area contributed by atoms with Crippen molar-refractivity contribution in [1.29, 1.82) is 0 Å². The first kappa shape index (κ1) is 39.0. The summed E-state index contributed by atoms with van der Waals surface area (Å²) in [4.78, 5) is 0. The molecule has 40 heavy (non-hydrogen) atoms. The second-order valence-corrected chi connectivity index (χ2v) is 12.1. The summed E-state index contributed by atoms with van der Waals surface area (Å²) in [6.45, 7) is 8.80. The van der Waals surface area contributed by atoms with Crippen LogP contribution in [0, 0.1) is 11.8 Å². The van der Waals surface area contributed by atoms with Crippen LogP contribution in [0.2, 0.25) is 0 Å². The number of nitrogens with zero attached hydrogens (tertiary/aromatic N) is 2. The highest BCUT2D eigenvalue weighted by Crippen LogP contribution is 2.20. The predicted octanol–water partition coefficient (Wildman–Crippen LogP) is 4.56. The molecule has 4 heteroatoms. The molecule has 0 aliphatic carbocycles. The standard InChI is InChI=1S/C36H62N2.2ClH/c1-3-5-7-9-11-13-15-17-19-21-29-37(31-23-24-32-37)35-27-28-36-38(33-25-26-34-38)30-22-20-18-16-14-12-10-8-6-4-2;;/h23-26,31-34H,3-22,29-30,35-36H2,1-2H3;2*1H/q+2;;/p-2. The molecular weight excluding hydrogens is 531 g/mol. The minimum atomic E-state index is 0. The quantitative estimate of drug-likeness (QED) is 0.0875. The van der Waals surface area contributed by atoms with Crippen LogP contribution in [-0.4, -0.2) is 35.1 Å². The molecule has 0 bridgehead atoms. The Kier molecular flexibility index (Phi) is 25.1. The largest absolute Gasteiger partial charge is 1.00 e. The molecule has 0 aromatic heterocycles. The van der Waals surface area contributed by atoms with Crippen molar-refractivity contribution >= 4 is 0 Å². The van der Waals surface area contributed by atoms with Crippen LogP contribution >= 0.6 is 0 Å². The third-order valence-corrected chi connectivity index (χ3v) is 8.48. The van der Waals surface area contributed by atoms with E-state index in [-0.39, 0.29) is 24.8 Å². The zero-order valence-corrected chi connectivity index (χ0v) is 27.8. The van der Waals surface area contributed by atoms with E-state index >= 15 is 0 Å². The van der Waals surface area contributed by atoms with Crippen LogP contribution in [0.5, 0.6) is 0 Å². The normalized spacial score (nSPS) is 15.6. The maximum atomic E-state index is 3.58. The topological polar surface area (TPSA) is 0 Å². The summed E-state index contributed by atoms with van der Waals surface area (Å²) in [6.07, 6.45) is 46.2. The first-order valence-corrected chi connectivity index (χ1v) is 16.7. The molecule has 0 unspecified atom stereocenters. The highest BCUT2D eigenvalue weighted by molar-refractivity contribution is 5.10. The van der Waals surface area contributed by atoms with Crippen LogP contribution in [0.15, 0.2) is 49.1 Å². The van der Waals surface area contributed by atoms with E-state index in [1.807, 2.05) is 0 Å². The van der Waals surface area contributed by atoms with E-state index < -0.39 is 0 Å². The molecule has 0 saturated heterocycles. The minimum Gasteiger partial charge on any atom is -1.00 e. The zero-order chi connectivity index (χ0) is 27.0. The van der Waals surface area contributed by atoms with Gasteiger partial charge in [-0.25, -0.2) is 0 Å². The van der Waals surface area contributed by atoms with Crippen molar-refractivity contribution in [3.63, 3.8) is 0 Å². The summed E-state index contributed by atoms with van der Waals surface area (Å²) in [7, 11) is 0. The Hall–Kier alpha value is -0.980. The van der Waals surface area contributed by atoms with Gasteiger partial charge in [-0.1, -0.05) is 117 Å². The molecule has 0 aromatic carbocycles. The van der Waals surface area contributed by atoms with Crippen LogP contribution in [0.25, 0.3) is 0 Å². The fraction of sp³-hybridized carbons (Fsp3) is 0.722. The molecule has 0 aromatic rings. The number of hydrogen-bond acceptors (Lipinski definition) is 0. The van der Waals surface area contributed by atoms with Crippen molar-refractivity contribution in [3.8, 4) is 11.8 Å². The SMILES string of the molecule is CCCCCCCCCCCC[N+]1(CC#CC[N+]2(CCCCCCCCCCCC)C=CC=C2)C=CC=C1.[Cl-].[Cl-]. The summed E-state index contributed by atoms with van der Waals surface area (Å²) in [5.74, 6) is 7.16. The van der Waals surface area contributed by atoms with Gasteiger partial charge in [0.25, 0.3) is 0 Å². The van der Waals surface area contributed by atoms with Gasteiger partial charge in [-0.3, -0.25) is 8.97 Å². The van der Waals surface area contributed by atoms with E-state index in [2.05, 4.69) is 74.8 Å². The number of allylic oxidation sites excluding steroid dienone is 4. The Morgan fingerprint density at radius 3 is 0.900 bits per heavy atom. The summed E-state index contributed by atoms with van der Waals surface area (Å²) in [6, 6.07) is 0. The third kappa shape index (κ3) is 17.7. The number of quaternary nitrogens is 2. The average Bonchev–Trinajstić information content (AvgIpc) is 3.60. The predicted molar refractivity (Wildman–Crippen MR) is 168 cm³/mol. The van der Waals surface area contributed by atoms with E-state index in [0.29, 0.717) is 0 Å². The van der Waals surface area contributed by atoms with E-state index in [4.69, 9.17) is 0 Å². The molecule has 2 heterocycles. The van der Waals surface area contributed by atoms with Crippen molar-refractivity contribution in [2.45, 2.75) is 142 Å². The second kappa shape index (κ2) is 25.7. The molecule has 0 atom stereocenters. The van der Waals surface area contributed by atoms with Gasteiger partial charge in [-0.15, -0.1) is 0 Å². The molecule has 2 nitrogen and oxygen atoms in total. The lowest BCUT2D eigenvalue weighted by molar-refractivity contribution is -0.820. The Morgan fingerprint density at radius 1 is 0.375 bits per heavy atom. The third-order valence-electron chi connectivity index (χ3n) is 8.48. The van der Waals surface area contributed by atoms with Crippen LogP contribution in [0.1, 0.15) is 142 Å². The molecule has 2 aliphatic rings. The lowest BCUT2D eigenvalue weighted by atomic mass is 10.1. The van der Waals surface area contributed by atoms with Crippen LogP contribution < -0.4 is 24.8 Å². The van der Waals surface area contributed by atoms with Gasteiger partial charge in [0.2, 0.25) is 0 Å². The fourth-order valence-corrected chi connectivity index (χ4v) is 5.84. The lowest BCUT2D eigenvalue weighted by Crippen LogP contribution is -3.00. The maximum Gasteiger partial charge on any atom is 0.149 e. The van der Waals surface area contributed by atoms with Gasteiger partial charge in [-0.2, -0.15) is 0 Å². The highest BCUT2D eigenvalue weighted by Gasteiger charge is 2.24. The summed E-state index contributed by atoms with van der Waals surface area (Å²) < 4.78 is 1.85. The fourth-order valence-electron chi connectivity index (χ4n) is 5.84. The van der Waals surface area contributed by atoms with Gasteiger partial charge in [-0.05, 0) is 61.8 Å². The molecule has 2 rings (SSSR count). The number of unbranched alkanes of at least 4 members (excludes halogenated alkanes) is 18. The Bertz CT molecular complexity index is 685. The van der Waals surface area contributed by atoms with Crippen LogP contribution in [-0.2, 0) is 0 Å². The summed E-state index contributed by atoms with van der Waals surface area (Å²) in [5.41, 5.74) is 0. The van der Waals surface area contributed by atoms with E-state index in [0.717, 1.165) is 22.1 Å². The van der Waals surface area contributed by atoms with Gasteiger partial charge >= 0.3 is 0 Å². The monoisotopic (exact) mass is 592 g/mol. The molecule has 0 amide bonds. The Labute approximate surface area is 262 Å². The number of rotatable bonds is 24. The first-order chi connectivity index (χ1) is 18.7. The molecule has 2 aliphatic heterocycles. The van der Waals surface area contributed by atoms with Crippen molar-refractivity contribution < 1.29 is 33.8 Å². The average molecular weight is 594 g/mol. The highest BCUT2D eigenvalue weighted by atomic mass is 35.5. The van der Waals surface area contributed by atoms with Gasteiger partial charge in [0, 0.05) is 0 Å². The minimum absolute atomic E-state index is 0. The lowest BCUT2D eigenvalue weighted by Gasteiger charge is -2.28. The molecule has 0 fully saturated rings. The number of halogens is 2. The molecule has 230 valence electrons. The van der Waals surface area contributed by atoms with E-state index in [9.17, 15) is 0 Å². The Balaban J connectivity index is 0.00000760. The molecule has 0 radical (unpaired) electrons. The molecule has 0 saturated carbocycles. The molecule has 0 spiro atoms. The zero-order valence-electron chi connectivity index (χ0n) is 26.2. The van der Waals surface area contributed by atoms with Gasteiger partial charge in [0.15, 0.2) is 0 Å². The molecular formula is C36H62Cl2N2. The van der Waals surface area contributed by atoms with Crippen molar-refractivity contribution in [2.24, 2.45) is 0 Å². The van der Waals surface area contributed by atoms with Crippen molar-refractivity contribution in [2.75, 3.05) is 26.2 Å². The van der Waals surface area contributed by atoms with E-state index in [1.165, 1.54) is 142 Å². The summed E-state index contributed by atoms with van der Waals surface area (Å²) >= 11 is 0. The van der Waals surface area contributed by atoms with E-state index in [1.54, 1.807) is 0 Å². The first-order valence-electron chi connectivity index (χ1n) is 16.7. The number of hydrogen-bond donors (Lipinski definition) is 0. The van der Waals surface area contributed by atoms with Gasteiger partial charge < -0.3 is 24.8 Å². The van der Waals surface area contributed by atoms with Crippen molar-refractivity contribution in [1.82, 2.24) is 0 Å². The Morgan fingerprint density at radius 2 is 0.625 bits per heavy atom. The van der Waals surface area contributed by atoms with Gasteiger partial charge in [0.05, 0.1) is 13.1 Å². The van der Waals surface area contributed by atoms with Crippen molar-refractivity contribution in [3.05, 3.63) is 49.1 Å². The second-order valence-electron chi connectivity index (χ2n) is 12.1. The smallest absolute Gasteiger partial charge is 0.149 e. The maximum absolute atomic E-state index is 3.58. The van der Waals surface area contributed by atoms with Gasteiger partial charge in [0.1, 0.15) is 37.9 Å².